The third-order valence-electron chi connectivity index (χ3n) is 15.3. The van der Waals surface area contributed by atoms with Crippen molar-refractivity contribution >= 4 is 150 Å². The molecule has 0 atom stereocenters. The van der Waals surface area contributed by atoms with Crippen molar-refractivity contribution in [2.75, 3.05) is 26.3 Å². The Kier molecular flexibility index (Phi) is 35.4. The summed E-state index contributed by atoms with van der Waals surface area (Å²) in [5.41, 5.74) is 4.23. The molecule has 0 aromatic heterocycles. The van der Waals surface area contributed by atoms with E-state index in [1.54, 1.807) is 146 Å². The number of ether oxygens (including phenoxy) is 6. The minimum absolute atomic E-state index is 0.00795. The topological polar surface area (TPSA) is 308 Å². The summed E-state index contributed by atoms with van der Waals surface area (Å²) in [5, 5.41) is 11.8. The second-order valence-electron chi connectivity index (χ2n) is 23.4. The maximum absolute atomic E-state index is 13.5. The SMILES string of the molecule is CCOc1ccc(C(=O)NC(=Cc2ccccc2)C(=O)NCCC(=O)OC(=O)c2ccc(CBr)cc2)cc1.CCOc1ccc(C(=O)NC(=Cc2ccccc2)C(=O)NCCC(=O)OC(=O)c2ccc(CBr)cc2)cc1.O=C(CC(CC(=O)OC(=O)c1cc(F)ccc1Cl)c1ccc(Cl)cc1)OC(=O)c1cc(F)ccc1Cl. The second kappa shape index (κ2) is 45.4. The Balaban J connectivity index is 0.000000233. The van der Waals surface area contributed by atoms with Crippen molar-refractivity contribution in [2.24, 2.45) is 0 Å². The molecule has 29 heteroatoms. The summed E-state index contributed by atoms with van der Waals surface area (Å²) in [6.07, 6.45) is 1.60. The fourth-order valence-electron chi connectivity index (χ4n) is 9.66. The molecule has 0 spiro atoms. The molecule has 9 rings (SSSR count). The maximum Gasteiger partial charge on any atom is 0.347 e. The van der Waals surface area contributed by atoms with Crippen LogP contribution < -0.4 is 30.7 Å². The summed E-state index contributed by atoms with van der Waals surface area (Å²) >= 11 is 24.3. The summed E-state index contributed by atoms with van der Waals surface area (Å²) in [6.45, 7) is 4.53. The van der Waals surface area contributed by atoms with Crippen molar-refractivity contribution in [1.82, 2.24) is 21.3 Å². The van der Waals surface area contributed by atoms with E-state index in [2.05, 4.69) is 53.1 Å². The molecule has 4 amide bonds. The fraction of sp³-hybridized carbons (Fsp3) is 0.157. The molecule has 0 aliphatic heterocycles. The van der Waals surface area contributed by atoms with Crippen molar-refractivity contribution in [3.8, 4) is 11.5 Å². The van der Waals surface area contributed by atoms with Gasteiger partial charge in [0.15, 0.2) is 0 Å². The minimum Gasteiger partial charge on any atom is -0.494 e. The lowest BCUT2D eigenvalue weighted by Gasteiger charge is -2.16. The lowest BCUT2D eigenvalue weighted by atomic mass is 9.92. The van der Waals surface area contributed by atoms with Crippen LogP contribution in [0.15, 0.2) is 230 Å². The molecule has 0 saturated carbocycles. The third kappa shape index (κ3) is 29.2. The molecule has 22 nitrogen and oxygen atoms in total. The zero-order chi connectivity index (χ0) is 81.1. The predicted octanol–water partition coefficient (Wildman–Crippen LogP) is 15.8. The van der Waals surface area contributed by atoms with E-state index in [0.717, 1.165) is 47.5 Å². The van der Waals surface area contributed by atoms with E-state index in [1.165, 1.54) is 36.4 Å². The fourth-order valence-corrected chi connectivity index (χ4v) is 10.9. The lowest BCUT2D eigenvalue weighted by Crippen LogP contribution is -2.36. The average molecular weight is 1710 g/mol. The number of alkyl halides is 2. The number of hydrogen-bond donors (Lipinski definition) is 4. The molecular weight excluding hydrogens is 1650 g/mol. The Morgan fingerprint density at radius 3 is 1.11 bits per heavy atom. The molecule has 0 heterocycles. The van der Waals surface area contributed by atoms with Crippen LogP contribution in [0, 0.1) is 11.6 Å². The van der Waals surface area contributed by atoms with Gasteiger partial charge >= 0.3 is 47.8 Å². The van der Waals surface area contributed by atoms with E-state index < -0.39 is 102 Å². The van der Waals surface area contributed by atoms with Crippen molar-refractivity contribution < 1.29 is 94.7 Å². The zero-order valence-electron chi connectivity index (χ0n) is 59.6. The van der Waals surface area contributed by atoms with Crippen molar-refractivity contribution in [3.63, 3.8) is 0 Å². The second-order valence-corrected chi connectivity index (χ2v) is 25.8. The predicted molar refractivity (Wildman–Crippen MR) is 420 cm³/mol. The van der Waals surface area contributed by atoms with Crippen LogP contribution in [-0.4, -0.2) is 97.7 Å². The van der Waals surface area contributed by atoms with Crippen molar-refractivity contribution in [1.29, 1.82) is 0 Å². The van der Waals surface area contributed by atoms with Gasteiger partial charge in [0.1, 0.15) is 34.5 Å². The van der Waals surface area contributed by atoms with E-state index in [0.29, 0.717) is 68.2 Å². The van der Waals surface area contributed by atoms with Crippen LogP contribution >= 0.6 is 66.7 Å². The number of carbonyl (C=O) groups is 12. The monoisotopic (exact) mass is 1710 g/mol. The number of hydrogen-bond acceptors (Lipinski definition) is 18. The Hall–Kier alpha value is -11.8. The summed E-state index contributed by atoms with van der Waals surface area (Å²) in [4.78, 5) is 150. The molecule has 0 unspecified atom stereocenters. The van der Waals surface area contributed by atoms with Crippen molar-refractivity contribution in [2.45, 2.75) is 56.1 Å². The minimum atomic E-state index is -1.18. The molecule has 9 aromatic rings. The summed E-state index contributed by atoms with van der Waals surface area (Å²) in [7, 11) is 0. The van der Waals surface area contributed by atoms with E-state index in [9.17, 15) is 66.3 Å². The Bertz CT molecular complexity index is 4610. The van der Waals surface area contributed by atoms with Crippen molar-refractivity contribution in [3.05, 3.63) is 318 Å². The molecule has 0 aliphatic carbocycles. The number of esters is 8. The van der Waals surface area contributed by atoms with Crippen LogP contribution in [0.5, 0.6) is 11.5 Å². The highest BCUT2D eigenvalue weighted by molar-refractivity contribution is 9.08. The standard InChI is InChI=1S/2C29H27BrN2O6.C25H15Cl3F2O6/c2*1-2-37-24-14-12-22(13-15-24)27(34)32-25(18-20-6-4-3-5-7-20)28(35)31-17-16-26(33)38-29(36)23-10-8-21(19-30)9-11-23;26-15-3-1-13(2-4-15)14(9-22(31)35-24(33)18-11-16(29)5-7-20(18)27)10-23(32)36-25(34)19-12-17(30)6-8-21(19)28/h2*3-15,18H,2,16-17,19H2,1H3,(H,31,35)(H,32,34);1-8,11-12,14H,9-10H2. The van der Waals surface area contributed by atoms with E-state index in [4.69, 9.17) is 63.2 Å². The lowest BCUT2D eigenvalue weighted by molar-refractivity contribution is -0.141. The molecule has 9 aromatic carbocycles. The number of carbonyl (C=O) groups excluding carboxylic acids is 12. The van der Waals surface area contributed by atoms with E-state index in [1.807, 2.05) is 26.0 Å². The smallest absolute Gasteiger partial charge is 0.347 e. The van der Waals surface area contributed by atoms with Gasteiger partial charge in [-0.05, 0) is 175 Å². The molecule has 0 radical (unpaired) electrons. The van der Waals surface area contributed by atoms with Gasteiger partial charge in [-0.1, -0.05) is 164 Å². The molecule has 112 heavy (non-hydrogen) atoms. The first-order valence-corrected chi connectivity index (χ1v) is 37.3. The van der Waals surface area contributed by atoms with Gasteiger partial charge in [0, 0.05) is 45.8 Å². The van der Waals surface area contributed by atoms with Crippen LogP contribution in [0.2, 0.25) is 15.1 Å². The van der Waals surface area contributed by atoms with Gasteiger partial charge in [-0.3, -0.25) is 38.4 Å². The van der Waals surface area contributed by atoms with Gasteiger partial charge in [0.25, 0.3) is 23.6 Å². The number of nitrogens with one attached hydrogen (secondary N) is 4. The van der Waals surface area contributed by atoms with Gasteiger partial charge in [-0.15, -0.1) is 0 Å². The molecule has 0 bridgehead atoms. The van der Waals surface area contributed by atoms with E-state index >= 15 is 0 Å². The van der Waals surface area contributed by atoms with Crippen LogP contribution in [0.4, 0.5) is 8.78 Å². The first kappa shape index (κ1) is 87.4. The molecule has 578 valence electrons. The highest BCUT2D eigenvalue weighted by Gasteiger charge is 2.28. The van der Waals surface area contributed by atoms with Gasteiger partial charge in [-0.2, -0.15) is 0 Å². The Labute approximate surface area is 673 Å². The number of amides is 4. The first-order valence-electron chi connectivity index (χ1n) is 34.0. The average Bonchev–Trinajstić information content (AvgIpc) is 0.856. The maximum atomic E-state index is 13.5. The number of halogens is 7. The first-order chi connectivity index (χ1) is 53.8. The summed E-state index contributed by atoms with van der Waals surface area (Å²) in [6, 6.07) is 56.4. The summed E-state index contributed by atoms with van der Waals surface area (Å²) < 4.78 is 57.0. The molecular formula is C83H69Br2Cl3F2N4O18. The Morgan fingerprint density at radius 1 is 0.411 bits per heavy atom. The largest absolute Gasteiger partial charge is 0.494 e. The highest BCUT2D eigenvalue weighted by Crippen LogP contribution is 2.29. The normalized spacial score (nSPS) is 10.8. The summed E-state index contributed by atoms with van der Waals surface area (Å²) in [5.74, 6) is -10.9. The van der Waals surface area contributed by atoms with Crippen LogP contribution in [0.25, 0.3) is 12.2 Å². The van der Waals surface area contributed by atoms with Gasteiger partial charge in [0.05, 0.1) is 71.2 Å². The highest BCUT2D eigenvalue weighted by atomic mass is 79.9. The molecule has 0 aliphatic rings. The van der Waals surface area contributed by atoms with E-state index in [-0.39, 0.29) is 69.6 Å². The van der Waals surface area contributed by atoms with Gasteiger partial charge < -0.3 is 49.7 Å². The van der Waals surface area contributed by atoms with Crippen LogP contribution in [-0.2, 0) is 58.4 Å². The van der Waals surface area contributed by atoms with Gasteiger partial charge in [0.2, 0.25) is 0 Å². The third-order valence-corrected chi connectivity index (χ3v) is 17.5. The number of rotatable bonds is 29. The molecule has 0 fully saturated rings. The zero-order valence-corrected chi connectivity index (χ0v) is 65.0. The number of benzene rings is 9. The van der Waals surface area contributed by atoms with Crippen LogP contribution in [0.1, 0.15) is 135 Å². The quantitative estimate of drug-likeness (QED) is 0.0111. The molecule has 4 N–H and O–H groups in total. The Morgan fingerprint density at radius 2 is 0.759 bits per heavy atom. The van der Waals surface area contributed by atoms with Crippen LogP contribution in [0.3, 0.4) is 0 Å². The van der Waals surface area contributed by atoms with Gasteiger partial charge in [-0.25, -0.2) is 28.0 Å². The molecule has 0 saturated heterocycles.